The van der Waals surface area contributed by atoms with Gasteiger partial charge in [-0.05, 0) is 25.0 Å². The number of aromatic nitrogens is 1. The minimum absolute atomic E-state index is 0.481. The van der Waals surface area contributed by atoms with E-state index in [0.717, 1.165) is 31.3 Å². The molecule has 0 aromatic carbocycles. The van der Waals surface area contributed by atoms with Crippen molar-refractivity contribution in [3.63, 3.8) is 0 Å². The van der Waals surface area contributed by atoms with Gasteiger partial charge in [-0.25, -0.2) is 4.98 Å². The van der Waals surface area contributed by atoms with Crippen LogP contribution in [0.2, 0.25) is 0 Å². The lowest BCUT2D eigenvalue weighted by atomic mass is 10.2. The monoisotopic (exact) mass is 223 g/mol. The van der Waals surface area contributed by atoms with Gasteiger partial charge < -0.3 is 15.4 Å². The first kappa shape index (κ1) is 12.8. The van der Waals surface area contributed by atoms with E-state index >= 15 is 0 Å². The molecule has 1 aromatic rings. The van der Waals surface area contributed by atoms with Crippen LogP contribution in [-0.4, -0.2) is 31.8 Å². The first-order valence-corrected chi connectivity index (χ1v) is 5.70. The number of rotatable bonds is 7. The molecule has 16 heavy (non-hydrogen) atoms. The van der Waals surface area contributed by atoms with Gasteiger partial charge in [0.05, 0.1) is 6.61 Å². The van der Waals surface area contributed by atoms with E-state index in [9.17, 15) is 0 Å². The molecule has 4 nitrogen and oxygen atoms in total. The lowest BCUT2D eigenvalue weighted by molar-refractivity contribution is 0.164. The molecule has 0 radical (unpaired) electrons. The van der Waals surface area contributed by atoms with Crippen molar-refractivity contribution in [2.45, 2.75) is 13.8 Å². The maximum absolute atomic E-state index is 5.08. The highest BCUT2D eigenvalue weighted by Crippen LogP contribution is 2.09. The maximum atomic E-state index is 5.08. The maximum Gasteiger partial charge on any atom is 0.128 e. The Morgan fingerprint density at radius 1 is 1.31 bits per heavy atom. The standard InChI is InChI=1S/C12H21N3O/c1-4-13-11-6-5-7-12(15-11)14-8-10(2)9-16-3/h5-7,10H,4,8-9H2,1-3H3,(H2,13,14,15). The molecule has 2 N–H and O–H groups in total. The topological polar surface area (TPSA) is 46.2 Å². The smallest absolute Gasteiger partial charge is 0.128 e. The van der Waals surface area contributed by atoms with Gasteiger partial charge in [0.15, 0.2) is 0 Å². The summed E-state index contributed by atoms with van der Waals surface area (Å²) in [4.78, 5) is 4.43. The van der Waals surface area contributed by atoms with Crippen LogP contribution in [0, 0.1) is 5.92 Å². The summed E-state index contributed by atoms with van der Waals surface area (Å²) in [5.41, 5.74) is 0. The normalized spacial score (nSPS) is 12.2. The average molecular weight is 223 g/mol. The number of ether oxygens (including phenoxy) is 1. The van der Waals surface area contributed by atoms with E-state index in [0.29, 0.717) is 5.92 Å². The highest BCUT2D eigenvalue weighted by molar-refractivity contribution is 5.44. The van der Waals surface area contributed by atoms with Crippen LogP contribution in [0.1, 0.15) is 13.8 Å². The number of methoxy groups -OCH3 is 1. The number of hydrogen-bond acceptors (Lipinski definition) is 4. The van der Waals surface area contributed by atoms with Gasteiger partial charge in [0.25, 0.3) is 0 Å². The molecule has 0 saturated heterocycles. The number of anilines is 2. The first-order chi connectivity index (χ1) is 7.76. The Bertz CT molecular complexity index is 304. The predicted octanol–water partition coefficient (Wildman–Crippen LogP) is 2.21. The van der Waals surface area contributed by atoms with Crippen molar-refractivity contribution in [3.8, 4) is 0 Å². The fourth-order valence-corrected chi connectivity index (χ4v) is 1.43. The van der Waals surface area contributed by atoms with Crippen molar-refractivity contribution < 1.29 is 4.74 Å². The molecule has 0 aliphatic heterocycles. The largest absolute Gasteiger partial charge is 0.384 e. The summed E-state index contributed by atoms with van der Waals surface area (Å²) in [7, 11) is 1.72. The van der Waals surface area contributed by atoms with Gasteiger partial charge in [-0.15, -0.1) is 0 Å². The van der Waals surface area contributed by atoms with Gasteiger partial charge in [-0.3, -0.25) is 0 Å². The second-order valence-corrected chi connectivity index (χ2v) is 3.88. The summed E-state index contributed by atoms with van der Waals surface area (Å²) >= 11 is 0. The fourth-order valence-electron chi connectivity index (χ4n) is 1.43. The van der Waals surface area contributed by atoms with Gasteiger partial charge in [-0.1, -0.05) is 13.0 Å². The van der Waals surface area contributed by atoms with Crippen molar-refractivity contribution in [1.29, 1.82) is 0 Å². The minimum Gasteiger partial charge on any atom is -0.384 e. The van der Waals surface area contributed by atoms with Crippen LogP contribution in [0.4, 0.5) is 11.6 Å². The molecule has 1 unspecified atom stereocenters. The van der Waals surface area contributed by atoms with Crippen molar-refractivity contribution in [2.75, 3.05) is 37.4 Å². The van der Waals surface area contributed by atoms with Crippen molar-refractivity contribution in [3.05, 3.63) is 18.2 Å². The van der Waals surface area contributed by atoms with E-state index < -0.39 is 0 Å². The molecular formula is C12H21N3O. The zero-order valence-electron chi connectivity index (χ0n) is 10.3. The van der Waals surface area contributed by atoms with Crippen LogP contribution in [0.3, 0.4) is 0 Å². The van der Waals surface area contributed by atoms with E-state index in [-0.39, 0.29) is 0 Å². The summed E-state index contributed by atoms with van der Waals surface area (Å²) < 4.78 is 5.08. The Morgan fingerprint density at radius 2 is 2.00 bits per heavy atom. The molecule has 0 amide bonds. The summed E-state index contributed by atoms with van der Waals surface area (Å²) in [6.45, 7) is 6.72. The van der Waals surface area contributed by atoms with E-state index in [4.69, 9.17) is 4.74 Å². The van der Waals surface area contributed by atoms with Crippen molar-refractivity contribution in [1.82, 2.24) is 4.98 Å². The molecule has 0 saturated carbocycles. The first-order valence-electron chi connectivity index (χ1n) is 5.70. The van der Waals surface area contributed by atoms with Crippen LogP contribution < -0.4 is 10.6 Å². The van der Waals surface area contributed by atoms with Crippen LogP contribution in [0.15, 0.2) is 18.2 Å². The Balaban J connectivity index is 2.44. The zero-order chi connectivity index (χ0) is 11.8. The Labute approximate surface area is 97.4 Å². The molecule has 0 bridgehead atoms. The van der Waals surface area contributed by atoms with Crippen molar-refractivity contribution >= 4 is 11.6 Å². The minimum atomic E-state index is 0.481. The summed E-state index contributed by atoms with van der Waals surface area (Å²) in [5.74, 6) is 2.29. The van der Waals surface area contributed by atoms with Crippen LogP contribution in [0.25, 0.3) is 0 Å². The second kappa shape index (κ2) is 7.06. The Morgan fingerprint density at radius 3 is 2.62 bits per heavy atom. The third-order valence-electron chi connectivity index (χ3n) is 2.19. The van der Waals surface area contributed by atoms with E-state index in [2.05, 4.69) is 29.5 Å². The number of pyridine rings is 1. The molecule has 1 heterocycles. The summed E-state index contributed by atoms with van der Waals surface area (Å²) in [5, 5.41) is 6.48. The van der Waals surface area contributed by atoms with Crippen molar-refractivity contribution in [2.24, 2.45) is 5.92 Å². The zero-order valence-corrected chi connectivity index (χ0v) is 10.3. The highest BCUT2D eigenvalue weighted by atomic mass is 16.5. The summed E-state index contributed by atoms with van der Waals surface area (Å²) in [6, 6.07) is 5.93. The molecule has 1 atom stereocenters. The SMILES string of the molecule is CCNc1cccc(NCC(C)COC)n1. The van der Waals surface area contributed by atoms with Gasteiger partial charge >= 0.3 is 0 Å². The summed E-state index contributed by atoms with van der Waals surface area (Å²) in [6.07, 6.45) is 0. The highest BCUT2D eigenvalue weighted by Gasteiger charge is 2.02. The second-order valence-electron chi connectivity index (χ2n) is 3.88. The third kappa shape index (κ3) is 4.49. The predicted molar refractivity (Wildman–Crippen MR) is 67.9 cm³/mol. The molecule has 90 valence electrons. The Hall–Kier alpha value is -1.29. The molecular weight excluding hydrogens is 202 g/mol. The van der Waals surface area contributed by atoms with Crippen LogP contribution in [-0.2, 0) is 4.74 Å². The number of hydrogen-bond donors (Lipinski definition) is 2. The molecule has 4 heteroatoms. The van der Waals surface area contributed by atoms with Gasteiger partial charge in [-0.2, -0.15) is 0 Å². The van der Waals surface area contributed by atoms with E-state index in [1.807, 2.05) is 18.2 Å². The quantitative estimate of drug-likeness (QED) is 0.744. The number of nitrogens with one attached hydrogen (secondary N) is 2. The average Bonchev–Trinajstić information content (AvgIpc) is 2.28. The van der Waals surface area contributed by atoms with E-state index in [1.165, 1.54) is 0 Å². The van der Waals surface area contributed by atoms with E-state index in [1.54, 1.807) is 7.11 Å². The van der Waals surface area contributed by atoms with Crippen LogP contribution >= 0.6 is 0 Å². The lowest BCUT2D eigenvalue weighted by Crippen LogP contribution is -2.16. The molecule has 1 aromatic heterocycles. The molecule has 0 spiro atoms. The van der Waals surface area contributed by atoms with Gasteiger partial charge in [0.1, 0.15) is 11.6 Å². The molecule has 0 fully saturated rings. The number of nitrogens with zero attached hydrogens (tertiary/aromatic N) is 1. The van der Waals surface area contributed by atoms with Gasteiger partial charge in [0.2, 0.25) is 0 Å². The van der Waals surface area contributed by atoms with Gasteiger partial charge in [0, 0.05) is 20.2 Å². The Kier molecular flexibility index (Phi) is 5.64. The third-order valence-corrected chi connectivity index (χ3v) is 2.19. The fraction of sp³-hybridized carbons (Fsp3) is 0.583. The molecule has 0 aliphatic carbocycles. The van der Waals surface area contributed by atoms with Crippen LogP contribution in [0.5, 0.6) is 0 Å². The molecule has 1 rings (SSSR count). The lowest BCUT2D eigenvalue weighted by Gasteiger charge is -2.12. The molecule has 0 aliphatic rings.